The molecular formula is C18H27NO. The smallest absolute Gasteiger partial charge is 0.179 e. The van der Waals surface area contributed by atoms with Crippen molar-refractivity contribution in [2.75, 3.05) is 6.54 Å². The van der Waals surface area contributed by atoms with Crippen molar-refractivity contribution in [2.45, 2.75) is 65.0 Å². The molecule has 2 unspecified atom stereocenters. The average Bonchev–Trinajstić information content (AvgIpc) is 2.47. The Kier molecular flexibility index (Phi) is 5.36. The number of carbonyl (C=O) groups excluding carboxylic acids is 1. The molecule has 1 aromatic rings. The van der Waals surface area contributed by atoms with Crippen molar-refractivity contribution in [3.8, 4) is 0 Å². The second-order valence-electron chi connectivity index (χ2n) is 6.08. The van der Waals surface area contributed by atoms with Crippen LogP contribution in [0.2, 0.25) is 0 Å². The Bertz CT molecular complexity index is 435. The Morgan fingerprint density at radius 2 is 2.00 bits per heavy atom. The summed E-state index contributed by atoms with van der Waals surface area (Å²) in [6.45, 7) is 7.44. The quantitative estimate of drug-likeness (QED) is 0.749. The highest BCUT2D eigenvalue weighted by molar-refractivity contribution is 5.99. The van der Waals surface area contributed by atoms with E-state index in [1.54, 1.807) is 0 Å². The summed E-state index contributed by atoms with van der Waals surface area (Å²) in [6.07, 6.45) is 6.20. The summed E-state index contributed by atoms with van der Waals surface area (Å²) in [4.78, 5) is 15.1. The van der Waals surface area contributed by atoms with Gasteiger partial charge in [0.1, 0.15) is 0 Å². The second kappa shape index (κ2) is 7.03. The van der Waals surface area contributed by atoms with Gasteiger partial charge in [-0.15, -0.1) is 0 Å². The molecule has 1 aliphatic heterocycles. The Morgan fingerprint density at radius 1 is 1.30 bits per heavy atom. The molecule has 0 bridgehead atoms. The maximum absolute atomic E-state index is 12.7. The molecule has 2 nitrogen and oxygen atoms in total. The van der Waals surface area contributed by atoms with Crippen LogP contribution in [-0.4, -0.2) is 29.3 Å². The van der Waals surface area contributed by atoms with Crippen molar-refractivity contribution in [1.29, 1.82) is 0 Å². The van der Waals surface area contributed by atoms with Crippen LogP contribution in [0.4, 0.5) is 0 Å². The topological polar surface area (TPSA) is 20.3 Å². The first-order chi connectivity index (χ1) is 9.63. The fourth-order valence-corrected chi connectivity index (χ4v) is 3.29. The first-order valence-corrected chi connectivity index (χ1v) is 8.00. The number of nitrogens with zero attached hydrogens (tertiary/aromatic N) is 1. The molecule has 0 aromatic heterocycles. The summed E-state index contributed by atoms with van der Waals surface area (Å²) in [6, 6.07) is 8.59. The van der Waals surface area contributed by atoms with E-state index < -0.39 is 0 Å². The third kappa shape index (κ3) is 3.49. The largest absolute Gasteiger partial charge is 0.292 e. The molecule has 2 rings (SSSR count). The lowest BCUT2D eigenvalue weighted by Crippen LogP contribution is -2.48. The lowest BCUT2D eigenvalue weighted by atomic mass is 9.94. The van der Waals surface area contributed by atoms with Crippen molar-refractivity contribution in [3.63, 3.8) is 0 Å². The molecule has 0 N–H and O–H groups in total. The van der Waals surface area contributed by atoms with Gasteiger partial charge < -0.3 is 0 Å². The normalized spacial score (nSPS) is 21.6. The molecule has 1 heterocycles. The van der Waals surface area contributed by atoms with Crippen molar-refractivity contribution >= 4 is 5.78 Å². The number of piperidine rings is 1. The van der Waals surface area contributed by atoms with Crippen molar-refractivity contribution in [3.05, 3.63) is 35.4 Å². The highest BCUT2D eigenvalue weighted by Gasteiger charge is 2.29. The minimum Gasteiger partial charge on any atom is -0.292 e. The molecule has 0 spiro atoms. The van der Waals surface area contributed by atoms with E-state index in [0.29, 0.717) is 6.04 Å². The molecule has 0 aliphatic carbocycles. The summed E-state index contributed by atoms with van der Waals surface area (Å²) in [7, 11) is 0. The molecule has 1 aromatic carbocycles. The number of hydrogen-bond donors (Lipinski definition) is 0. The Labute approximate surface area is 123 Å². The van der Waals surface area contributed by atoms with Crippen molar-refractivity contribution < 1.29 is 4.79 Å². The number of likely N-dealkylation sites (tertiary alicyclic amines) is 1. The summed E-state index contributed by atoms with van der Waals surface area (Å²) < 4.78 is 0. The summed E-state index contributed by atoms with van der Waals surface area (Å²) in [5, 5.41) is 0. The van der Waals surface area contributed by atoms with Gasteiger partial charge in [-0.1, -0.05) is 49.6 Å². The van der Waals surface area contributed by atoms with Gasteiger partial charge in [0.25, 0.3) is 0 Å². The predicted molar refractivity (Wildman–Crippen MR) is 84.2 cm³/mol. The van der Waals surface area contributed by atoms with Crippen LogP contribution in [0.3, 0.4) is 0 Å². The van der Waals surface area contributed by atoms with E-state index in [0.717, 1.165) is 12.1 Å². The molecule has 1 saturated heterocycles. The van der Waals surface area contributed by atoms with E-state index >= 15 is 0 Å². The summed E-state index contributed by atoms with van der Waals surface area (Å²) in [5.41, 5.74) is 2.06. The Morgan fingerprint density at radius 3 is 2.65 bits per heavy atom. The fourth-order valence-electron chi connectivity index (χ4n) is 3.29. The number of ketones is 1. The first-order valence-electron chi connectivity index (χ1n) is 8.00. The highest BCUT2D eigenvalue weighted by Crippen LogP contribution is 2.24. The lowest BCUT2D eigenvalue weighted by molar-refractivity contribution is 0.0649. The van der Waals surface area contributed by atoms with E-state index in [2.05, 4.69) is 25.7 Å². The number of rotatable bonds is 5. The molecule has 0 amide bonds. The molecule has 2 atom stereocenters. The first kappa shape index (κ1) is 15.2. The van der Waals surface area contributed by atoms with Crippen LogP contribution in [0.15, 0.2) is 24.3 Å². The van der Waals surface area contributed by atoms with Gasteiger partial charge in [0.05, 0.1) is 6.04 Å². The van der Waals surface area contributed by atoms with Gasteiger partial charge in [0.2, 0.25) is 0 Å². The maximum Gasteiger partial charge on any atom is 0.179 e. The number of hydrogen-bond acceptors (Lipinski definition) is 2. The summed E-state index contributed by atoms with van der Waals surface area (Å²) in [5.74, 6) is 0.271. The van der Waals surface area contributed by atoms with Crippen LogP contribution < -0.4 is 0 Å². The van der Waals surface area contributed by atoms with Gasteiger partial charge in [0, 0.05) is 11.6 Å². The number of carbonyl (C=O) groups is 1. The predicted octanol–water partition coefficient (Wildman–Crippen LogP) is 4.22. The molecule has 1 aliphatic rings. The molecule has 1 fully saturated rings. The zero-order valence-corrected chi connectivity index (χ0v) is 13.1. The van der Waals surface area contributed by atoms with Crippen LogP contribution >= 0.6 is 0 Å². The van der Waals surface area contributed by atoms with E-state index in [9.17, 15) is 4.79 Å². The van der Waals surface area contributed by atoms with Gasteiger partial charge >= 0.3 is 0 Å². The van der Waals surface area contributed by atoms with E-state index in [1.165, 1.54) is 37.7 Å². The molecule has 2 heteroatoms. The number of benzene rings is 1. The fraction of sp³-hybridized carbons (Fsp3) is 0.611. The summed E-state index contributed by atoms with van der Waals surface area (Å²) >= 11 is 0. The number of Topliss-reactive ketones (excluding diaryl/α,β-unsaturated/α-hetero) is 1. The third-order valence-electron chi connectivity index (χ3n) is 4.51. The third-order valence-corrected chi connectivity index (χ3v) is 4.51. The van der Waals surface area contributed by atoms with E-state index in [1.807, 2.05) is 24.3 Å². The van der Waals surface area contributed by atoms with Gasteiger partial charge in [0.15, 0.2) is 5.78 Å². The van der Waals surface area contributed by atoms with E-state index in [-0.39, 0.29) is 11.8 Å². The Balaban J connectivity index is 2.09. The minimum absolute atomic E-state index is 0.00885. The van der Waals surface area contributed by atoms with Crippen LogP contribution in [0.1, 0.15) is 61.9 Å². The molecule has 20 heavy (non-hydrogen) atoms. The van der Waals surface area contributed by atoms with Crippen LogP contribution in [0, 0.1) is 6.92 Å². The minimum atomic E-state index is 0.00885. The van der Waals surface area contributed by atoms with Crippen LogP contribution in [0.25, 0.3) is 0 Å². The lowest BCUT2D eigenvalue weighted by Gasteiger charge is -2.39. The van der Waals surface area contributed by atoms with Crippen molar-refractivity contribution in [1.82, 2.24) is 4.90 Å². The number of aryl methyl sites for hydroxylation is 1. The molecule has 110 valence electrons. The average molecular weight is 273 g/mol. The standard InChI is InChI=1S/C18H27NO/c1-4-7-17-8-5-6-13-19(17)15(3)18(20)16-11-9-14(2)10-12-16/h9-12,15,17H,4-8,13H2,1-3H3. The Hall–Kier alpha value is -1.15. The molecular weight excluding hydrogens is 246 g/mol. The second-order valence-corrected chi connectivity index (χ2v) is 6.08. The van der Waals surface area contributed by atoms with Gasteiger partial charge in [-0.25, -0.2) is 0 Å². The SMILES string of the molecule is CCCC1CCCCN1C(C)C(=O)c1ccc(C)cc1. The van der Waals surface area contributed by atoms with Crippen LogP contribution in [0.5, 0.6) is 0 Å². The van der Waals surface area contributed by atoms with Gasteiger partial charge in [-0.2, -0.15) is 0 Å². The van der Waals surface area contributed by atoms with Gasteiger partial charge in [-0.05, 0) is 39.7 Å². The van der Waals surface area contributed by atoms with Crippen LogP contribution in [-0.2, 0) is 0 Å². The van der Waals surface area contributed by atoms with Gasteiger partial charge in [-0.3, -0.25) is 9.69 Å². The van der Waals surface area contributed by atoms with Crippen molar-refractivity contribution in [2.24, 2.45) is 0 Å². The monoisotopic (exact) mass is 273 g/mol. The highest BCUT2D eigenvalue weighted by atomic mass is 16.1. The molecule has 0 saturated carbocycles. The maximum atomic E-state index is 12.7. The zero-order chi connectivity index (χ0) is 14.5. The molecule has 0 radical (unpaired) electrons. The zero-order valence-electron chi connectivity index (χ0n) is 13.1. The van der Waals surface area contributed by atoms with E-state index in [4.69, 9.17) is 0 Å².